The molecule has 1 aliphatic heterocycles. The van der Waals surface area contributed by atoms with Gasteiger partial charge in [-0.05, 0) is 24.3 Å². The fraction of sp³-hybridized carbons (Fsp3) is 0.0588. The number of nitrogens with zero attached hydrogens (tertiary/aromatic N) is 2. The van der Waals surface area contributed by atoms with Gasteiger partial charge in [0, 0.05) is 22.4 Å². The Balaban J connectivity index is 2.05. The molecule has 0 radical (unpaired) electrons. The molecule has 3 rings (SSSR count). The third kappa shape index (κ3) is 3.15. The summed E-state index contributed by atoms with van der Waals surface area (Å²) in [6, 6.07) is 17.9. The van der Waals surface area contributed by atoms with Crippen molar-refractivity contribution in [2.24, 2.45) is 5.10 Å². The lowest BCUT2D eigenvalue weighted by Gasteiger charge is -2.26. The Morgan fingerprint density at radius 3 is 2.41 bits per heavy atom. The van der Waals surface area contributed by atoms with E-state index in [9.17, 15) is 4.79 Å². The molecule has 0 atom stereocenters. The number of thioether (sulfide) groups is 1. The van der Waals surface area contributed by atoms with Gasteiger partial charge in [-0.2, -0.15) is 5.10 Å². The van der Waals surface area contributed by atoms with Crippen molar-refractivity contribution in [2.75, 3.05) is 5.01 Å². The third-order valence-corrected chi connectivity index (χ3v) is 4.61. The van der Waals surface area contributed by atoms with Gasteiger partial charge in [0.05, 0.1) is 11.4 Å². The van der Waals surface area contributed by atoms with E-state index in [2.05, 4.69) is 21.0 Å². The predicted octanol–water partition coefficient (Wildman–Crippen LogP) is 4.90. The van der Waals surface area contributed by atoms with Crippen LogP contribution in [0.5, 0.6) is 0 Å². The average Bonchev–Trinajstić information content (AvgIpc) is 2.56. The molecule has 22 heavy (non-hydrogen) atoms. The van der Waals surface area contributed by atoms with Crippen molar-refractivity contribution >= 4 is 49.9 Å². The minimum atomic E-state index is -0.0320. The Morgan fingerprint density at radius 2 is 1.77 bits per heavy atom. The minimum absolute atomic E-state index is 0.0320. The van der Waals surface area contributed by atoms with Crippen molar-refractivity contribution in [3.63, 3.8) is 0 Å². The molecule has 0 spiro atoms. The molecule has 2 aromatic rings. The number of carbonyl (C=O) groups excluding carboxylic acids is 1. The molecule has 110 valence electrons. The van der Waals surface area contributed by atoms with Gasteiger partial charge in [-0.25, -0.2) is 5.01 Å². The first-order valence-corrected chi connectivity index (χ1v) is 8.40. The van der Waals surface area contributed by atoms with Crippen LogP contribution in [0.4, 0.5) is 5.69 Å². The quantitative estimate of drug-likeness (QED) is 0.767. The van der Waals surface area contributed by atoms with Crippen LogP contribution in [0.3, 0.4) is 0 Å². The lowest BCUT2D eigenvalue weighted by atomic mass is 10.1. The molecule has 3 nitrogen and oxygen atoms in total. The molecular weight excluding hydrogens is 360 g/mol. The second-order valence-electron chi connectivity index (χ2n) is 4.74. The van der Waals surface area contributed by atoms with Crippen molar-refractivity contribution < 1.29 is 4.79 Å². The summed E-state index contributed by atoms with van der Waals surface area (Å²) in [4.78, 5) is 11.7. The largest absolute Gasteiger partial charge is 0.292 e. The van der Waals surface area contributed by atoms with Crippen LogP contribution < -0.4 is 5.01 Å². The zero-order chi connectivity index (χ0) is 15.5. The number of Topliss-reactive ketones (excluding diaryl/α,β-unsaturated/α-hetero) is 1. The maximum Gasteiger partial charge on any atom is 0.186 e. The molecule has 0 saturated carbocycles. The fourth-order valence-corrected chi connectivity index (χ4v) is 3.08. The van der Waals surface area contributed by atoms with E-state index in [1.54, 1.807) is 0 Å². The number of rotatable bonds is 3. The molecule has 2 aromatic carbocycles. The predicted molar refractivity (Wildman–Crippen MR) is 96.7 cm³/mol. The van der Waals surface area contributed by atoms with E-state index in [-0.39, 0.29) is 5.78 Å². The number of benzene rings is 2. The molecule has 0 aliphatic carbocycles. The lowest BCUT2D eigenvalue weighted by Crippen LogP contribution is -2.22. The van der Waals surface area contributed by atoms with E-state index in [1.807, 2.05) is 65.0 Å². The molecule has 0 unspecified atom stereocenters. The Labute approximate surface area is 141 Å². The van der Waals surface area contributed by atoms with Crippen molar-refractivity contribution in [1.29, 1.82) is 0 Å². The second-order valence-corrected chi connectivity index (χ2v) is 6.51. The number of hydrogen-bond donors (Lipinski definition) is 0. The lowest BCUT2D eigenvalue weighted by molar-refractivity contribution is -0.110. The summed E-state index contributed by atoms with van der Waals surface area (Å²) in [6.45, 7) is 1.53. The topological polar surface area (TPSA) is 32.7 Å². The molecule has 0 fully saturated rings. The Morgan fingerprint density at radius 1 is 1.09 bits per heavy atom. The molecular formula is C17H13BrN2OS. The van der Waals surface area contributed by atoms with Crippen molar-refractivity contribution in [2.45, 2.75) is 6.92 Å². The van der Waals surface area contributed by atoms with Gasteiger partial charge in [-0.3, -0.25) is 4.79 Å². The monoisotopic (exact) mass is 372 g/mol. The summed E-state index contributed by atoms with van der Waals surface area (Å²) in [5.74, 6) is -0.0320. The van der Waals surface area contributed by atoms with Crippen LogP contribution in [0.25, 0.3) is 5.70 Å². The first-order valence-electron chi connectivity index (χ1n) is 6.72. The van der Waals surface area contributed by atoms with E-state index in [0.29, 0.717) is 5.04 Å². The Kier molecular flexibility index (Phi) is 4.45. The van der Waals surface area contributed by atoms with Gasteiger partial charge in [0.1, 0.15) is 0 Å². The highest BCUT2D eigenvalue weighted by molar-refractivity contribution is 9.10. The maximum absolute atomic E-state index is 11.7. The zero-order valence-electron chi connectivity index (χ0n) is 11.9. The number of hydrazone groups is 1. The third-order valence-electron chi connectivity index (χ3n) is 3.14. The van der Waals surface area contributed by atoms with E-state index in [0.717, 1.165) is 21.4 Å². The van der Waals surface area contributed by atoms with E-state index >= 15 is 0 Å². The number of halogens is 1. The number of anilines is 1. The van der Waals surface area contributed by atoms with Gasteiger partial charge in [-0.15, -0.1) is 0 Å². The van der Waals surface area contributed by atoms with Gasteiger partial charge in [0.15, 0.2) is 10.8 Å². The number of ketones is 1. The van der Waals surface area contributed by atoms with Gasteiger partial charge in [0.25, 0.3) is 0 Å². The summed E-state index contributed by atoms with van der Waals surface area (Å²) in [7, 11) is 0. The molecule has 0 saturated heterocycles. The molecule has 1 aliphatic rings. The summed E-state index contributed by atoms with van der Waals surface area (Å²) in [5.41, 5.74) is 2.93. The van der Waals surface area contributed by atoms with Crippen LogP contribution in [0.15, 0.2) is 69.6 Å². The van der Waals surface area contributed by atoms with E-state index in [1.165, 1.54) is 18.7 Å². The standard InChI is InChI=1S/C17H13BrN2OS/c1-12(21)17-19-20(15-9-7-14(18)8-10-15)16(11-22-17)13-5-3-2-4-6-13/h2-11H,1H3. The SMILES string of the molecule is CC(=O)C1=NN(c2ccc(Br)cc2)C(c2ccccc2)=CS1. The number of carbonyl (C=O) groups is 1. The smallest absolute Gasteiger partial charge is 0.186 e. The molecule has 5 heteroatoms. The first-order chi connectivity index (χ1) is 10.6. The first kappa shape index (κ1) is 15.1. The van der Waals surface area contributed by atoms with Gasteiger partial charge in [-0.1, -0.05) is 58.0 Å². The van der Waals surface area contributed by atoms with Crippen LogP contribution in [-0.2, 0) is 4.79 Å². The van der Waals surface area contributed by atoms with Gasteiger partial charge in [0.2, 0.25) is 0 Å². The van der Waals surface area contributed by atoms with Crippen LogP contribution >= 0.6 is 27.7 Å². The molecule has 0 N–H and O–H groups in total. The van der Waals surface area contributed by atoms with Crippen LogP contribution in [-0.4, -0.2) is 10.8 Å². The summed E-state index contributed by atoms with van der Waals surface area (Å²) in [5, 5.41) is 8.80. The van der Waals surface area contributed by atoms with Crippen LogP contribution in [0.1, 0.15) is 12.5 Å². The van der Waals surface area contributed by atoms with Crippen LogP contribution in [0, 0.1) is 0 Å². The molecule has 0 aromatic heterocycles. The highest BCUT2D eigenvalue weighted by Crippen LogP contribution is 2.33. The Hall–Kier alpha value is -1.85. The average molecular weight is 373 g/mol. The summed E-state index contributed by atoms with van der Waals surface area (Å²) < 4.78 is 1.00. The van der Waals surface area contributed by atoms with Gasteiger partial charge >= 0.3 is 0 Å². The fourth-order valence-electron chi connectivity index (χ4n) is 2.06. The second kappa shape index (κ2) is 6.50. The minimum Gasteiger partial charge on any atom is -0.292 e. The highest BCUT2D eigenvalue weighted by Gasteiger charge is 2.21. The zero-order valence-corrected chi connectivity index (χ0v) is 14.3. The normalized spacial score (nSPS) is 14.4. The van der Waals surface area contributed by atoms with E-state index < -0.39 is 0 Å². The van der Waals surface area contributed by atoms with Crippen LogP contribution in [0.2, 0.25) is 0 Å². The number of hydrogen-bond acceptors (Lipinski definition) is 4. The summed E-state index contributed by atoms with van der Waals surface area (Å²) >= 11 is 4.80. The summed E-state index contributed by atoms with van der Waals surface area (Å²) in [6.07, 6.45) is 0. The van der Waals surface area contributed by atoms with Gasteiger partial charge < -0.3 is 0 Å². The molecule has 1 heterocycles. The van der Waals surface area contributed by atoms with E-state index in [4.69, 9.17) is 0 Å². The van der Waals surface area contributed by atoms with Crippen molar-refractivity contribution in [1.82, 2.24) is 0 Å². The van der Waals surface area contributed by atoms with Crippen molar-refractivity contribution in [3.8, 4) is 0 Å². The maximum atomic E-state index is 11.7. The molecule has 0 bridgehead atoms. The highest BCUT2D eigenvalue weighted by atomic mass is 79.9. The molecule has 0 amide bonds. The Bertz CT molecular complexity index is 754. The van der Waals surface area contributed by atoms with Crippen molar-refractivity contribution in [3.05, 3.63) is 70.0 Å².